The molecule has 1 amide bonds. The lowest BCUT2D eigenvalue weighted by Gasteiger charge is -2.12. The molecule has 0 saturated carbocycles. The number of esters is 2. The Balaban J connectivity index is 2.15. The largest absolute Gasteiger partial charge is 0.484 e. The van der Waals surface area contributed by atoms with Crippen molar-refractivity contribution in [2.24, 2.45) is 0 Å². The second kappa shape index (κ2) is 9.18. The molecule has 1 N–H and O–H groups in total. The van der Waals surface area contributed by atoms with Gasteiger partial charge in [0.1, 0.15) is 5.75 Å². The molecule has 0 fully saturated rings. The maximum Gasteiger partial charge on any atom is 0.339 e. The van der Waals surface area contributed by atoms with Crippen molar-refractivity contribution in [1.82, 2.24) is 0 Å². The molecule has 27 heavy (non-hydrogen) atoms. The van der Waals surface area contributed by atoms with E-state index in [0.717, 1.165) is 10.0 Å². The Hall–Kier alpha value is -2.87. The number of anilines is 1. The Morgan fingerprint density at radius 3 is 2.33 bits per heavy atom. The van der Waals surface area contributed by atoms with Crippen LogP contribution in [-0.2, 0) is 14.3 Å². The average Bonchev–Trinajstić information content (AvgIpc) is 2.67. The van der Waals surface area contributed by atoms with Crippen molar-refractivity contribution in [3.63, 3.8) is 0 Å². The minimum atomic E-state index is -0.647. The van der Waals surface area contributed by atoms with E-state index < -0.39 is 17.8 Å². The molecule has 0 saturated heterocycles. The first kappa shape index (κ1) is 20.4. The number of amides is 1. The highest BCUT2D eigenvalue weighted by Gasteiger charge is 2.17. The fraction of sp³-hybridized carbons (Fsp3) is 0.211. The summed E-state index contributed by atoms with van der Waals surface area (Å²) < 4.78 is 15.7. The normalized spacial score (nSPS) is 10.1. The molecule has 8 heteroatoms. The number of rotatable bonds is 6. The van der Waals surface area contributed by atoms with Gasteiger partial charge in [0.05, 0.1) is 31.0 Å². The first-order valence-electron chi connectivity index (χ1n) is 7.85. The first-order valence-corrected chi connectivity index (χ1v) is 8.64. The summed E-state index contributed by atoms with van der Waals surface area (Å²) in [5, 5.41) is 2.56. The van der Waals surface area contributed by atoms with Gasteiger partial charge in [0.2, 0.25) is 0 Å². The highest BCUT2D eigenvalue weighted by Crippen LogP contribution is 2.22. The van der Waals surface area contributed by atoms with E-state index in [1.807, 2.05) is 13.0 Å². The molecule has 142 valence electrons. The predicted molar refractivity (Wildman–Crippen MR) is 102 cm³/mol. The summed E-state index contributed by atoms with van der Waals surface area (Å²) in [6, 6.07) is 9.47. The molecular formula is C19H18BrNO6. The van der Waals surface area contributed by atoms with Crippen molar-refractivity contribution in [1.29, 1.82) is 0 Å². The standard InChI is InChI=1S/C19H18BrNO6/c1-11-8-13(5-7-15(11)20)27-10-17(22)21-16-9-12(18(23)25-2)4-6-14(16)19(24)26-3/h4-9H,10H2,1-3H3,(H,21,22). The zero-order valence-corrected chi connectivity index (χ0v) is 16.6. The first-order chi connectivity index (χ1) is 12.8. The number of nitrogens with one attached hydrogen (secondary N) is 1. The number of aryl methyl sites for hydroxylation is 1. The van der Waals surface area contributed by atoms with Crippen molar-refractivity contribution in [2.45, 2.75) is 6.92 Å². The summed E-state index contributed by atoms with van der Waals surface area (Å²) in [5.41, 5.74) is 1.39. The topological polar surface area (TPSA) is 90.9 Å². The number of carbonyl (C=O) groups is 3. The molecule has 0 spiro atoms. The van der Waals surface area contributed by atoms with Crippen molar-refractivity contribution in [2.75, 3.05) is 26.1 Å². The van der Waals surface area contributed by atoms with Gasteiger partial charge >= 0.3 is 11.9 Å². The molecule has 0 heterocycles. The molecule has 2 aromatic carbocycles. The lowest BCUT2D eigenvalue weighted by Crippen LogP contribution is -2.22. The second-order valence-corrected chi connectivity index (χ2v) is 6.35. The van der Waals surface area contributed by atoms with E-state index >= 15 is 0 Å². The predicted octanol–water partition coefficient (Wildman–Crippen LogP) is 3.35. The van der Waals surface area contributed by atoms with E-state index in [9.17, 15) is 14.4 Å². The number of methoxy groups -OCH3 is 2. The lowest BCUT2D eigenvalue weighted by atomic mass is 10.1. The molecule has 2 aromatic rings. The van der Waals surface area contributed by atoms with Crippen molar-refractivity contribution < 1.29 is 28.6 Å². The minimum absolute atomic E-state index is 0.109. The van der Waals surface area contributed by atoms with Crippen LogP contribution in [0.3, 0.4) is 0 Å². The van der Waals surface area contributed by atoms with Gasteiger partial charge in [-0.1, -0.05) is 15.9 Å². The van der Waals surface area contributed by atoms with E-state index in [1.54, 1.807) is 12.1 Å². The van der Waals surface area contributed by atoms with Crippen molar-refractivity contribution in [3.8, 4) is 5.75 Å². The second-order valence-electron chi connectivity index (χ2n) is 5.49. The van der Waals surface area contributed by atoms with Gasteiger partial charge < -0.3 is 19.5 Å². The minimum Gasteiger partial charge on any atom is -0.484 e. The van der Waals surface area contributed by atoms with E-state index in [1.165, 1.54) is 32.4 Å². The van der Waals surface area contributed by atoms with Crippen LogP contribution in [0.25, 0.3) is 0 Å². The molecule has 2 rings (SSSR count). The van der Waals surface area contributed by atoms with Crippen LogP contribution >= 0.6 is 15.9 Å². The van der Waals surface area contributed by atoms with E-state index in [-0.39, 0.29) is 23.4 Å². The van der Waals surface area contributed by atoms with Crippen LogP contribution in [0.5, 0.6) is 5.75 Å². The van der Waals surface area contributed by atoms with Gasteiger partial charge in [0.25, 0.3) is 5.91 Å². The summed E-state index contributed by atoms with van der Waals surface area (Å²) in [7, 11) is 2.46. The van der Waals surface area contributed by atoms with Gasteiger partial charge in [-0.05, 0) is 48.9 Å². The molecule has 0 atom stereocenters. The monoisotopic (exact) mass is 435 g/mol. The SMILES string of the molecule is COC(=O)c1ccc(C(=O)OC)c(NC(=O)COc2ccc(Br)c(C)c2)c1. The van der Waals surface area contributed by atoms with Crippen LogP contribution < -0.4 is 10.1 Å². The Labute approximate surface area is 164 Å². The summed E-state index contributed by atoms with van der Waals surface area (Å²) in [5.74, 6) is -1.21. The highest BCUT2D eigenvalue weighted by molar-refractivity contribution is 9.10. The summed E-state index contributed by atoms with van der Waals surface area (Å²) in [6.07, 6.45) is 0. The smallest absolute Gasteiger partial charge is 0.339 e. The molecule has 0 bridgehead atoms. The zero-order valence-electron chi connectivity index (χ0n) is 15.0. The molecular weight excluding hydrogens is 418 g/mol. The number of halogens is 1. The van der Waals surface area contributed by atoms with Crippen molar-refractivity contribution in [3.05, 3.63) is 57.6 Å². The van der Waals surface area contributed by atoms with Crippen molar-refractivity contribution >= 4 is 39.5 Å². The number of hydrogen-bond acceptors (Lipinski definition) is 6. The lowest BCUT2D eigenvalue weighted by molar-refractivity contribution is -0.118. The van der Waals surface area contributed by atoms with Gasteiger partial charge in [-0.15, -0.1) is 0 Å². The van der Waals surface area contributed by atoms with E-state index in [4.69, 9.17) is 9.47 Å². The van der Waals surface area contributed by atoms with Gasteiger partial charge in [-0.2, -0.15) is 0 Å². The van der Waals surface area contributed by atoms with E-state index in [2.05, 4.69) is 26.0 Å². The Kier molecular flexibility index (Phi) is 6.95. The third-order valence-corrected chi connectivity index (χ3v) is 4.51. The van der Waals surface area contributed by atoms with Crippen LogP contribution in [0, 0.1) is 6.92 Å². The molecule has 0 radical (unpaired) electrons. The summed E-state index contributed by atoms with van der Waals surface area (Å²) >= 11 is 3.39. The van der Waals surface area contributed by atoms with Crippen LogP contribution in [0.4, 0.5) is 5.69 Å². The maximum absolute atomic E-state index is 12.2. The summed E-state index contributed by atoms with van der Waals surface area (Å²) in [4.78, 5) is 35.8. The van der Waals surface area contributed by atoms with Crippen LogP contribution in [0.1, 0.15) is 26.3 Å². The van der Waals surface area contributed by atoms with Crippen LogP contribution in [0.15, 0.2) is 40.9 Å². The zero-order chi connectivity index (χ0) is 20.0. The van der Waals surface area contributed by atoms with Gasteiger partial charge in [0, 0.05) is 4.47 Å². The van der Waals surface area contributed by atoms with Gasteiger partial charge in [0.15, 0.2) is 6.61 Å². The Morgan fingerprint density at radius 1 is 1.00 bits per heavy atom. The number of benzene rings is 2. The maximum atomic E-state index is 12.2. The molecule has 7 nitrogen and oxygen atoms in total. The quantitative estimate of drug-likeness (QED) is 0.699. The number of carbonyl (C=O) groups excluding carboxylic acids is 3. The van der Waals surface area contributed by atoms with Crippen LogP contribution in [0.2, 0.25) is 0 Å². The fourth-order valence-electron chi connectivity index (χ4n) is 2.22. The molecule has 0 aliphatic heterocycles. The summed E-state index contributed by atoms with van der Waals surface area (Å²) in [6.45, 7) is 1.63. The molecule has 0 unspecified atom stereocenters. The third kappa shape index (κ3) is 5.30. The van der Waals surface area contributed by atoms with Crippen LogP contribution in [-0.4, -0.2) is 38.7 Å². The Bertz CT molecular complexity index is 880. The van der Waals surface area contributed by atoms with E-state index in [0.29, 0.717) is 5.75 Å². The third-order valence-electron chi connectivity index (χ3n) is 3.62. The van der Waals surface area contributed by atoms with Gasteiger partial charge in [-0.25, -0.2) is 9.59 Å². The van der Waals surface area contributed by atoms with Gasteiger partial charge in [-0.3, -0.25) is 4.79 Å². The fourth-order valence-corrected chi connectivity index (χ4v) is 2.47. The Morgan fingerprint density at radius 2 is 1.70 bits per heavy atom. The average molecular weight is 436 g/mol. The number of ether oxygens (including phenoxy) is 3. The molecule has 0 aliphatic rings. The molecule has 0 aromatic heterocycles. The highest BCUT2D eigenvalue weighted by atomic mass is 79.9. The molecule has 0 aliphatic carbocycles. The number of hydrogen-bond donors (Lipinski definition) is 1.